The van der Waals surface area contributed by atoms with E-state index in [2.05, 4.69) is 0 Å². The largest absolute Gasteiger partial charge is 0.396 e. The highest BCUT2D eigenvalue weighted by atomic mass is 32.2. The smallest absolute Gasteiger partial charge is 0.222 e. The molecule has 0 aromatic rings. The van der Waals surface area contributed by atoms with Crippen molar-refractivity contribution in [2.45, 2.75) is 20.3 Å². The van der Waals surface area contributed by atoms with Gasteiger partial charge in [-0.2, -0.15) is 0 Å². The predicted octanol–water partition coefficient (Wildman–Crippen LogP) is -0.858. The number of rotatable bonds is 5. The van der Waals surface area contributed by atoms with Crippen LogP contribution in [0, 0.1) is 11.3 Å². The quantitative estimate of drug-likeness (QED) is 0.675. The van der Waals surface area contributed by atoms with Gasteiger partial charge in [-0.25, -0.2) is 13.6 Å². The molecule has 0 spiro atoms. The van der Waals surface area contributed by atoms with Gasteiger partial charge in [0.25, 0.3) is 0 Å². The molecule has 0 radical (unpaired) electrons. The fourth-order valence-electron chi connectivity index (χ4n) is 2.01. The summed E-state index contributed by atoms with van der Waals surface area (Å²) in [7, 11) is -3.53. The molecular formula is C10H20N2O4S. The number of carbonyl (C=O) groups is 1. The lowest BCUT2D eigenvalue weighted by molar-refractivity contribution is -0.129. The van der Waals surface area contributed by atoms with E-state index in [9.17, 15) is 13.2 Å². The first kappa shape index (κ1) is 14.4. The van der Waals surface area contributed by atoms with Crippen molar-refractivity contribution in [3.05, 3.63) is 0 Å². The Hall–Kier alpha value is -0.660. The molecule has 0 aromatic heterocycles. The van der Waals surface area contributed by atoms with Crippen LogP contribution >= 0.6 is 0 Å². The van der Waals surface area contributed by atoms with E-state index >= 15 is 0 Å². The summed E-state index contributed by atoms with van der Waals surface area (Å²) in [5.74, 6) is -0.457. The topological polar surface area (TPSA) is 101 Å². The van der Waals surface area contributed by atoms with Crippen LogP contribution < -0.4 is 5.14 Å². The second-order valence-electron chi connectivity index (χ2n) is 5.50. The van der Waals surface area contributed by atoms with Crippen molar-refractivity contribution >= 4 is 15.9 Å². The summed E-state index contributed by atoms with van der Waals surface area (Å²) in [5.41, 5.74) is -0.369. The zero-order chi connectivity index (χ0) is 13.3. The zero-order valence-electron chi connectivity index (χ0n) is 10.2. The van der Waals surface area contributed by atoms with Crippen molar-refractivity contribution in [3.8, 4) is 0 Å². The first-order valence-electron chi connectivity index (χ1n) is 5.52. The molecular weight excluding hydrogens is 244 g/mol. The standard InChI is InChI=1S/C10H20N2O4S/c1-10(2,7-13)6-12-4-8(3-9(12)14)5-17(11,15)16/h8,13H,3-7H2,1-2H3,(H2,11,15,16). The number of carbonyl (C=O) groups excluding carboxylic acids is 1. The predicted molar refractivity (Wildman–Crippen MR) is 63.5 cm³/mol. The van der Waals surface area contributed by atoms with Crippen molar-refractivity contribution in [2.24, 2.45) is 16.5 Å². The highest BCUT2D eigenvalue weighted by molar-refractivity contribution is 7.89. The zero-order valence-corrected chi connectivity index (χ0v) is 11.0. The molecule has 1 fully saturated rings. The number of nitrogens with zero attached hydrogens (tertiary/aromatic N) is 1. The molecule has 1 atom stereocenters. The van der Waals surface area contributed by atoms with Gasteiger partial charge < -0.3 is 10.0 Å². The number of amides is 1. The molecule has 3 N–H and O–H groups in total. The minimum atomic E-state index is -3.53. The molecule has 1 saturated heterocycles. The molecule has 100 valence electrons. The van der Waals surface area contributed by atoms with Crippen molar-refractivity contribution in [1.82, 2.24) is 4.90 Å². The molecule has 0 aromatic carbocycles. The Labute approximate surface area is 102 Å². The number of hydrogen-bond donors (Lipinski definition) is 2. The maximum Gasteiger partial charge on any atom is 0.222 e. The normalized spacial score (nSPS) is 22.2. The van der Waals surface area contributed by atoms with Crippen LogP contribution in [0.3, 0.4) is 0 Å². The van der Waals surface area contributed by atoms with E-state index in [4.69, 9.17) is 10.2 Å². The van der Waals surface area contributed by atoms with E-state index in [1.165, 1.54) is 0 Å². The van der Waals surface area contributed by atoms with E-state index in [0.29, 0.717) is 13.1 Å². The average Bonchev–Trinajstić information content (AvgIpc) is 2.43. The number of hydrogen-bond acceptors (Lipinski definition) is 4. The highest BCUT2D eigenvalue weighted by Gasteiger charge is 2.34. The Morgan fingerprint density at radius 2 is 2.12 bits per heavy atom. The minimum Gasteiger partial charge on any atom is -0.396 e. The summed E-state index contributed by atoms with van der Waals surface area (Å²) in [6, 6.07) is 0. The lowest BCUT2D eigenvalue weighted by atomic mass is 9.94. The van der Waals surface area contributed by atoms with E-state index in [1.54, 1.807) is 4.90 Å². The highest BCUT2D eigenvalue weighted by Crippen LogP contribution is 2.24. The van der Waals surface area contributed by atoms with Gasteiger partial charge >= 0.3 is 0 Å². The number of sulfonamides is 1. The number of aliphatic hydroxyl groups excluding tert-OH is 1. The Balaban J connectivity index is 2.59. The average molecular weight is 264 g/mol. The van der Waals surface area contributed by atoms with Crippen molar-refractivity contribution in [3.63, 3.8) is 0 Å². The van der Waals surface area contributed by atoms with Crippen LogP contribution in [-0.2, 0) is 14.8 Å². The maximum atomic E-state index is 11.7. The number of nitrogens with two attached hydrogens (primary N) is 1. The van der Waals surface area contributed by atoms with Gasteiger partial charge in [-0.3, -0.25) is 4.79 Å². The lowest BCUT2D eigenvalue weighted by Crippen LogP contribution is -2.37. The molecule has 0 aliphatic carbocycles. The lowest BCUT2D eigenvalue weighted by Gasteiger charge is -2.28. The SMILES string of the molecule is CC(C)(CO)CN1CC(CS(N)(=O)=O)CC1=O. The van der Waals surface area contributed by atoms with Gasteiger partial charge in [-0.05, 0) is 0 Å². The van der Waals surface area contributed by atoms with Gasteiger partial charge in [0.15, 0.2) is 0 Å². The van der Waals surface area contributed by atoms with Crippen LogP contribution in [0.15, 0.2) is 0 Å². The van der Waals surface area contributed by atoms with Crippen molar-refractivity contribution in [2.75, 3.05) is 25.4 Å². The Morgan fingerprint density at radius 3 is 2.59 bits per heavy atom. The molecule has 0 saturated carbocycles. The van der Waals surface area contributed by atoms with Gasteiger partial charge in [0.1, 0.15) is 0 Å². The van der Waals surface area contributed by atoms with Crippen molar-refractivity contribution in [1.29, 1.82) is 0 Å². The minimum absolute atomic E-state index is 0.0172. The number of primary sulfonamides is 1. The van der Waals surface area contributed by atoms with Gasteiger partial charge in [0.05, 0.1) is 5.75 Å². The van der Waals surface area contributed by atoms with E-state index < -0.39 is 10.0 Å². The van der Waals surface area contributed by atoms with Crippen LogP contribution in [0.25, 0.3) is 0 Å². The van der Waals surface area contributed by atoms with Crippen LogP contribution in [0.5, 0.6) is 0 Å². The monoisotopic (exact) mass is 264 g/mol. The summed E-state index contributed by atoms with van der Waals surface area (Å²) in [5, 5.41) is 14.1. The second kappa shape index (κ2) is 4.91. The third-order valence-corrected chi connectivity index (χ3v) is 3.75. The maximum absolute atomic E-state index is 11.7. The third kappa shape index (κ3) is 4.61. The molecule has 6 nitrogen and oxygen atoms in total. The first-order valence-corrected chi connectivity index (χ1v) is 7.23. The fraction of sp³-hybridized carbons (Fsp3) is 0.900. The summed E-state index contributed by atoms with van der Waals surface area (Å²) in [6.45, 7) is 4.53. The van der Waals surface area contributed by atoms with Crippen LogP contribution in [0.2, 0.25) is 0 Å². The van der Waals surface area contributed by atoms with E-state index in [1.807, 2.05) is 13.8 Å². The molecule has 1 amide bonds. The van der Waals surface area contributed by atoms with Gasteiger partial charge in [0, 0.05) is 37.5 Å². The van der Waals surface area contributed by atoms with Crippen LogP contribution in [0.4, 0.5) is 0 Å². The summed E-state index contributed by atoms with van der Waals surface area (Å²) >= 11 is 0. The van der Waals surface area contributed by atoms with E-state index in [0.717, 1.165) is 0 Å². The summed E-state index contributed by atoms with van der Waals surface area (Å²) in [4.78, 5) is 13.3. The van der Waals surface area contributed by atoms with Gasteiger partial charge in [-0.1, -0.05) is 13.8 Å². The second-order valence-corrected chi connectivity index (χ2v) is 7.16. The molecule has 1 aliphatic heterocycles. The number of likely N-dealkylation sites (tertiary alicyclic amines) is 1. The summed E-state index contributed by atoms with van der Waals surface area (Å²) in [6.07, 6.45) is 0.220. The molecule has 17 heavy (non-hydrogen) atoms. The molecule has 0 bridgehead atoms. The molecule has 1 unspecified atom stereocenters. The first-order chi connectivity index (χ1) is 7.63. The Kier molecular flexibility index (Phi) is 4.16. The van der Waals surface area contributed by atoms with Gasteiger partial charge in [-0.15, -0.1) is 0 Å². The molecule has 1 rings (SSSR count). The third-order valence-electron chi connectivity index (χ3n) is 2.81. The fourth-order valence-corrected chi connectivity index (χ4v) is 2.89. The van der Waals surface area contributed by atoms with Gasteiger partial charge in [0.2, 0.25) is 15.9 Å². The van der Waals surface area contributed by atoms with Crippen LogP contribution in [0.1, 0.15) is 20.3 Å². The Bertz CT molecular complexity index is 391. The molecule has 1 aliphatic rings. The number of aliphatic hydroxyl groups is 1. The van der Waals surface area contributed by atoms with Crippen molar-refractivity contribution < 1.29 is 18.3 Å². The van der Waals surface area contributed by atoms with Crippen LogP contribution in [-0.4, -0.2) is 49.8 Å². The van der Waals surface area contributed by atoms with E-state index in [-0.39, 0.29) is 36.0 Å². The molecule has 1 heterocycles. The molecule has 7 heteroatoms. The summed E-state index contributed by atoms with van der Waals surface area (Å²) < 4.78 is 21.9. The Morgan fingerprint density at radius 1 is 1.53 bits per heavy atom.